The zero-order chi connectivity index (χ0) is 11.7. The van der Waals surface area contributed by atoms with Crippen molar-refractivity contribution >= 4 is 46.1 Å². The number of thiophene rings is 1. The predicted octanol–water partition coefficient (Wildman–Crippen LogP) is 5.52. The van der Waals surface area contributed by atoms with Gasteiger partial charge in [0.25, 0.3) is 0 Å². The smallest absolute Gasteiger partial charge is 0.123 e. The van der Waals surface area contributed by atoms with Crippen molar-refractivity contribution in [2.45, 2.75) is 5.38 Å². The van der Waals surface area contributed by atoms with Crippen molar-refractivity contribution in [1.82, 2.24) is 0 Å². The van der Waals surface area contributed by atoms with Gasteiger partial charge in [-0.15, -0.1) is 22.9 Å². The van der Waals surface area contributed by atoms with E-state index in [0.29, 0.717) is 8.67 Å². The number of hydrogen-bond donors (Lipinski definition) is 0. The van der Waals surface area contributed by atoms with E-state index in [9.17, 15) is 4.39 Å². The van der Waals surface area contributed by atoms with E-state index in [0.717, 1.165) is 11.1 Å². The molecule has 1 unspecified atom stereocenters. The van der Waals surface area contributed by atoms with Gasteiger partial charge in [0.2, 0.25) is 0 Å². The van der Waals surface area contributed by atoms with Gasteiger partial charge in [-0.3, -0.25) is 0 Å². The van der Waals surface area contributed by atoms with Crippen LogP contribution >= 0.6 is 46.1 Å². The summed E-state index contributed by atoms with van der Waals surface area (Å²) in [4.78, 5) is 0. The topological polar surface area (TPSA) is 0 Å². The minimum atomic E-state index is -0.406. The van der Waals surface area contributed by atoms with Crippen molar-refractivity contribution < 1.29 is 4.39 Å². The van der Waals surface area contributed by atoms with Crippen LogP contribution in [0, 0.1) is 5.82 Å². The maximum atomic E-state index is 12.7. The van der Waals surface area contributed by atoms with Crippen molar-refractivity contribution in [2.24, 2.45) is 0 Å². The summed E-state index contributed by atoms with van der Waals surface area (Å²) in [5.74, 6) is -0.290. The van der Waals surface area contributed by atoms with Gasteiger partial charge in [-0.25, -0.2) is 4.39 Å². The summed E-state index contributed by atoms with van der Waals surface area (Å²) in [5.41, 5.74) is 1.55. The predicted molar refractivity (Wildman–Crippen MR) is 68.4 cm³/mol. The highest BCUT2D eigenvalue weighted by atomic mass is 35.5. The molecule has 2 rings (SSSR count). The van der Waals surface area contributed by atoms with Crippen LogP contribution in [0.4, 0.5) is 4.39 Å². The van der Waals surface area contributed by atoms with E-state index in [4.69, 9.17) is 34.8 Å². The normalized spacial score (nSPS) is 12.8. The van der Waals surface area contributed by atoms with Gasteiger partial charge < -0.3 is 0 Å². The van der Waals surface area contributed by atoms with Gasteiger partial charge in [0.05, 0.1) is 14.0 Å². The summed E-state index contributed by atoms with van der Waals surface area (Å²) < 4.78 is 13.9. The van der Waals surface area contributed by atoms with Crippen molar-refractivity contribution in [3.63, 3.8) is 0 Å². The van der Waals surface area contributed by atoms with Crippen LogP contribution in [0.15, 0.2) is 30.3 Å². The average Bonchev–Trinajstić information content (AvgIpc) is 2.58. The fourth-order valence-corrected chi connectivity index (χ4v) is 3.31. The zero-order valence-corrected chi connectivity index (χ0v) is 11.0. The van der Waals surface area contributed by atoms with E-state index in [1.807, 2.05) is 0 Å². The molecule has 0 radical (unpaired) electrons. The first-order valence-corrected chi connectivity index (χ1v) is 6.43. The second-order valence-corrected chi connectivity index (χ2v) is 5.92. The Hall–Kier alpha value is -0.280. The Bertz CT molecular complexity index is 492. The van der Waals surface area contributed by atoms with Crippen molar-refractivity contribution in [1.29, 1.82) is 0 Å². The molecule has 1 aromatic carbocycles. The average molecular weight is 296 g/mol. The van der Waals surface area contributed by atoms with Crippen LogP contribution in [0.3, 0.4) is 0 Å². The second-order valence-electron chi connectivity index (χ2n) is 3.19. The molecule has 0 aliphatic heterocycles. The lowest BCUT2D eigenvalue weighted by Crippen LogP contribution is -1.91. The SMILES string of the molecule is Fc1ccc(C(Cl)c2cc(Cl)sc2Cl)cc1. The van der Waals surface area contributed by atoms with Gasteiger partial charge in [-0.05, 0) is 23.8 Å². The number of benzene rings is 1. The van der Waals surface area contributed by atoms with E-state index in [1.54, 1.807) is 18.2 Å². The van der Waals surface area contributed by atoms with Crippen LogP contribution in [0.1, 0.15) is 16.5 Å². The Morgan fingerprint density at radius 3 is 2.25 bits per heavy atom. The van der Waals surface area contributed by atoms with Gasteiger partial charge in [-0.2, -0.15) is 0 Å². The highest BCUT2D eigenvalue weighted by Gasteiger charge is 2.17. The maximum absolute atomic E-state index is 12.7. The molecular weight excluding hydrogens is 290 g/mol. The van der Waals surface area contributed by atoms with E-state index in [2.05, 4.69) is 0 Å². The molecule has 1 atom stereocenters. The molecular formula is C11H6Cl3FS. The van der Waals surface area contributed by atoms with Crippen LogP contribution in [0.5, 0.6) is 0 Å². The standard InChI is InChI=1S/C11H6Cl3FS/c12-9-5-8(11(14)16-9)10(13)6-1-3-7(15)4-2-6/h1-5,10H. The molecule has 0 aliphatic carbocycles. The first kappa shape index (κ1) is 12.2. The van der Waals surface area contributed by atoms with Gasteiger partial charge in [0, 0.05) is 5.56 Å². The summed E-state index contributed by atoms with van der Waals surface area (Å²) >= 11 is 19.3. The van der Waals surface area contributed by atoms with Crippen LogP contribution in [0.2, 0.25) is 8.67 Å². The van der Waals surface area contributed by atoms with Crippen molar-refractivity contribution in [3.05, 3.63) is 55.9 Å². The molecule has 0 saturated heterocycles. The van der Waals surface area contributed by atoms with E-state index >= 15 is 0 Å². The zero-order valence-electron chi connectivity index (χ0n) is 7.88. The van der Waals surface area contributed by atoms with Gasteiger partial charge in [0.1, 0.15) is 5.82 Å². The van der Waals surface area contributed by atoms with Crippen LogP contribution in [-0.2, 0) is 0 Å². The summed E-state index contributed by atoms with van der Waals surface area (Å²) in [6, 6.07) is 7.73. The number of halogens is 4. The highest BCUT2D eigenvalue weighted by molar-refractivity contribution is 7.20. The second kappa shape index (κ2) is 4.92. The molecule has 1 aromatic heterocycles. The Morgan fingerprint density at radius 1 is 1.12 bits per heavy atom. The first-order valence-electron chi connectivity index (χ1n) is 4.42. The summed E-state index contributed by atoms with van der Waals surface area (Å²) in [6.07, 6.45) is 0. The monoisotopic (exact) mass is 294 g/mol. The number of hydrogen-bond acceptors (Lipinski definition) is 1. The largest absolute Gasteiger partial charge is 0.207 e. The minimum Gasteiger partial charge on any atom is -0.207 e. The Kier molecular flexibility index (Phi) is 3.75. The van der Waals surface area contributed by atoms with Crippen LogP contribution < -0.4 is 0 Å². The molecule has 0 saturated carbocycles. The number of rotatable bonds is 2. The molecule has 0 amide bonds. The fraction of sp³-hybridized carbons (Fsp3) is 0.0909. The minimum absolute atomic E-state index is 0.290. The molecule has 0 spiro atoms. The van der Waals surface area contributed by atoms with Gasteiger partial charge >= 0.3 is 0 Å². The molecule has 2 aromatic rings. The molecule has 84 valence electrons. The van der Waals surface area contributed by atoms with E-state index in [1.165, 1.54) is 23.5 Å². The third kappa shape index (κ3) is 2.51. The highest BCUT2D eigenvalue weighted by Crippen LogP contribution is 2.40. The molecule has 0 fully saturated rings. The Labute approximate surface area is 112 Å². The Balaban J connectivity index is 2.35. The first-order chi connectivity index (χ1) is 7.58. The molecule has 0 aliphatic rings. The third-order valence-electron chi connectivity index (χ3n) is 2.12. The summed E-state index contributed by atoms with van der Waals surface area (Å²) in [6.45, 7) is 0. The molecule has 0 N–H and O–H groups in total. The van der Waals surface area contributed by atoms with E-state index in [-0.39, 0.29) is 5.82 Å². The molecule has 0 nitrogen and oxygen atoms in total. The number of alkyl halides is 1. The molecule has 5 heteroatoms. The molecule has 1 heterocycles. The van der Waals surface area contributed by atoms with Gasteiger partial charge in [-0.1, -0.05) is 35.3 Å². The lowest BCUT2D eigenvalue weighted by molar-refractivity contribution is 0.627. The van der Waals surface area contributed by atoms with Crippen molar-refractivity contribution in [3.8, 4) is 0 Å². The summed E-state index contributed by atoms with van der Waals surface area (Å²) in [5, 5.41) is -0.406. The maximum Gasteiger partial charge on any atom is 0.123 e. The fourth-order valence-electron chi connectivity index (χ4n) is 1.34. The lowest BCUT2D eigenvalue weighted by Gasteiger charge is -2.08. The van der Waals surface area contributed by atoms with E-state index < -0.39 is 5.38 Å². The Morgan fingerprint density at radius 2 is 1.75 bits per heavy atom. The quantitative estimate of drug-likeness (QED) is 0.640. The lowest BCUT2D eigenvalue weighted by atomic mass is 10.1. The van der Waals surface area contributed by atoms with Gasteiger partial charge in [0.15, 0.2) is 0 Å². The molecule has 16 heavy (non-hydrogen) atoms. The summed E-state index contributed by atoms with van der Waals surface area (Å²) in [7, 11) is 0. The third-order valence-corrected chi connectivity index (χ3v) is 4.12. The van der Waals surface area contributed by atoms with Crippen molar-refractivity contribution in [2.75, 3.05) is 0 Å². The van der Waals surface area contributed by atoms with Crippen LogP contribution in [-0.4, -0.2) is 0 Å². The van der Waals surface area contributed by atoms with Crippen LogP contribution in [0.25, 0.3) is 0 Å². The molecule has 0 bridgehead atoms.